The quantitative estimate of drug-likeness (QED) is 0.799. The van der Waals surface area contributed by atoms with Gasteiger partial charge in [-0.25, -0.2) is 0 Å². The summed E-state index contributed by atoms with van der Waals surface area (Å²) in [5, 5.41) is 6.73. The van der Waals surface area contributed by atoms with Crippen LogP contribution in [0.5, 0.6) is 0 Å². The number of unbranched alkanes of at least 4 members (excludes halogenated alkanes) is 1. The van der Waals surface area contributed by atoms with Crippen molar-refractivity contribution in [1.29, 1.82) is 0 Å². The smallest absolute Gasteiger partial charge is 0.238 e. The van der Waals surface area contributed by atoms with Gasteiger partial charge >= 0.3 is 0 Å². The molecule has 0 spiro atoms. The minimum absolute atomic E-state index is 0.0336. The maximum atomic E-state index is 11.8. The van der Waals surface area contributed by atoms with E-state index in [0.717, 1.165) is 17.7 Å². The fraction of sp³-hybridized carbons (Fsp3) is 0.533. The molecule has 0 bridgehead atoms. The maximum Gasteiger partial charge on any atom is 0.238 e. The second-order valence-corrected chi connectivity index (χ2v) is 5.37. The molecule has 4 heteroatoms. The molecule has 0 aromatic heterocycles. The number of halogens is 1. The van der Waals surface area contributed by atoms with Crippen molar-refractivity contribution in [2.45, 2.75) is 46.1 Å². The molecule has 1 unspecified atom stereocenters. The summed E-state index contributed by atoms with van der Waals surface area (Å²) in [6.07, 6.45) is 3.46. The standard InChI is InChI=1S/C15H23ClN2O/c1-4-5-6-12(3)17-10-15(19)18-14-9-13(16)8-7-11(14)2/h7-9,12,17H,4-6,10H2,1-3H3,(H,18,19). The number of anilines is 1. The van der Waals surface area contributed by atoms with E-state index in [2.05, 4.69) is 24.5 Å². The number of hydrogen-bond donors (Lipinski definition) is 2. The van der Waals surface area contributed by atoms with Gasteiger partial charge < -0.3 is 10.6 Å². The Morgan fingerprint density at radius 3 is 2.84 bits per heavy atom. The fourth-order valence-electron chi connectivity index (χ4n) is 1.80. The van der Waals surface area contributed by atoms with Gasteiger partial charge in [-0.3, -0.25) is 4.79 Å². The number of nitrogens with one attached hydrogen (secondary N) is 2. The van der Waals surface area contributed by atoms with E-state index in [9.17, 15) is 4.79 Å². The van der Waals surface area contributed by atoms with Crippen LogP contribution in [0, 0.1) is 6.92 Å². The van der Waals surface area contributed by atoms with Gasteiger partial charge in [0.25, 0.3) is 0 Å². The molecule has 0 fully saturated rings. The zero-order valence-corrected chi connectivity index (χ0v) is 12.7. The van der Waals surface area contributed by atoms with Gasteiger partial charge in [-0.05, 0) is 38.0 Å². The predicted octanol–water partition coefficient (Wildman–Crippen LogP) is 3.76. The van der Waals surface area contributed by atoms with Gasteiger partial charge in [0.1, 0.15) is 0 Å². The third kappa shape index (κ3) is 6.08. The van der Waals surface area contributed by atoms with Crippen LogP contribution in [-0.2, 0) is 4.79 Å². The molecule has 1 aromatic rings. The van der Waals surface area contributed by atoms with Gasteiger partial charge in [-0.1, -0.05) is 37.4 Å². The summed E-state index contributed by atoms with van der Waals surface area (Å²) in [7, 11) is 0. The normalized spacial score (nSPS) is 12.2. The van der Waals surface area contributed by atoms with Crippen LogP contribution in [0.3, 0.4) is 0 Å². The summed E-state index contributed by atoms with van der Waals surface area (Å²) in [5.41, 5.74) is 1.79. The first-order valence-corrected chi connectivity index (χ1v) is 7.20. The van der Waals surface area contributed by atoms with E-state index in [1.807, 2.05) is 19.1 Å². The van der Waals surface area contributed by atoms with Crippen molar-refractivity contribution in [3.63, 3.8) is 0 Å². The Balaban J connectivity index is 2.40. The number of carbonyl (C=O) groups is 1. The molecule has 0 aliphatic rings. The van der Waals surface area contributed by atoms with Gasteiger partial charge in [0.05, 0.1) is 6.54 Å². The lowest BCUT2D eigenvalue weighted by Gasteiger charge is -2.14. The van der Waals surface area contributed by atoms with Gasteiger partial charge in [-0.2, -0.15) is 0 Å². The van der Waals surface area contributed by atoms with E-state index in [1.165, 1.54) is 12.8 Å². The monoisotopic (exact) mass is 282 g/mol. The average Bonchev–Trinajstić information content (AvgIpc) is 2.38. The van der Waals surface area contributed by atoms with Crippen molar-refractivity contribution < 1.29 is 4.79 Å². The molecule has 0 aliphatic carbocycles. The van der Waals surface area contributed by atoms with Crippen molar-refractivity contribution in [3.05, 3.63) is 28.8 Å². The molecule has 3 nitrogen and oxygen atoms in total. The highest BCUT2D eigenvalue weighted by Crippen LogP contribution is 2.19. The Bertz CT molecular complexity index is 421. The summed E-state index contributed by atoms with van der Waals surface area (Å²) in [6.45, 7) is 6.55. The number of benzene rings is 1. The van der Waals surface area contributed by atoms with Crippen LogP contribution in [0.25, 0.3) is 0 Å². The van der Waals surface area contributed by atoms with Crippen molar-refractivity contribution >= 4 is 23.2 Å². The SMILES string of the molecule is CCCCC(C)NCC(=O)Nc1cc(Cl)ccc1C. The van der Waals surface area contributed by atoms with Crippen molar-refractivity contribution in [1.82, 2.24) is 5.32 Å². The molecule has 106 valence electrons. The van der Waals surface area contributed by atoms with E-state index in [1.54, 1.807) is 6.07 Å². The molecular formula is C15H23ClN2O. The van der Waals surface area contributed by atoms with Crippen molar-refractivity contribution in [2.24, 2.45) is 0 Å². The predicted molar refractivity (Wildman–Crippen MR) is 81.8 cm³/mol. The van der Waals surface area contributed by atoms with E-state index < -0.39 is 0 Å². The number of rotatable bonds is 7. The molecule has 1 atom stereocenters. The summed E-state index contributed by atoms with van der Waals surface area (Å²) in [4.78, 5) is 11.8. The van der Waals surface area contributed by atoms with Crippen LogP contribution >= 0.6 is 11.6 Å². The molecule has 0 radical (unpaired) electrons. The minimum atomic E-state index is -0.0336. The van der Waals surface area contributed by atoms with Crippen LogP contribution in [0.1, 0.15) is 38.7 Å². The first kappa shape index (κ1) is 16.0. The molecule has 1 rings (SSSR count). The largest absolute Gasteiger partial charge is 0.325 e. The molecule has 2 N–H and O–H groups in total. The molecule has 0 saturated heterocycles. The topological polar surface area (TPSA) is 41.1 Å². The van der Waals surface area contributed by atoms with Crippen molar-refractivity contribution in [3.8, 4) is 0 Å². The second-order valence-electron chi connectivity index (χ2n) is 4.93. The summed E-state index contributed by atoms with van der Waals surface area (Å²) < 4.78 is 0. The summed E-state index contributed by atoms with van der Waals surface area (Å²) >= 11 is 5.92. The van der Waals surface area contributed by atoms with Crippen LogP contribution < -0.4 is 10.6 Å². The number of amides is 1. The number of aryl methyl sites for hydroxylation is 1. The van der Waals surface area contributed by atoms with Crippen LogP contribution in [0.15, 0.2) is 18.2 Å². The first-order valence-electron chi connectivity index (χ1n) is 6.82. The molecule has 0 heterocycles. The van der Waals surface area contributed by atoms with Crippen LogP contribution in [0.2, 0.25) is 5.02 Å². The Morgan fingerprint density at radius 1 is 1.42 bits per heavy atom. The van der Waals surface area contributed by atoms with Gasteiger partial charge in [0.2, 0.25) is 5.91 Å². The third-order valence-electron chi connectivity index (χ3n) is 3.08. The molecule has 1 aromatic carbocycles. The van der Waals surface area contributed by atoms with Gasteiger partial charge in [0.15, 0.2) is 0 Å². The zero-order chi connectivity index (χ0) is 14.3. The Labute approximate surface area is 120 Å². The molecule has 0 saturated carbocycles. The average molecular weight is 283 g/mol. The zero-order valence-electron chi connectivity index (χ0n) is 11.9. The minimum Gasteiger partial charge on any atom is -0.325 e. The lowest BCUT2D eigenvalue weighted by Crippen LogP contribution is -2.34. The Morgan fingerprint density at radius 2 is 2.16 bits per heavy atom. The van der Waals surface area contributed by atoms with Crippen LogP contribution in [0.4, 0.5) is 5.69 Å². The van der Waals surface area contributed by atoms with Gasteiger partial charge in [-0.15, -0.1) is 0 Å². The molecular weight excluding hydrogens is 260 g/mol. The third-order valence-corrected chi connectivity index (χ3v) is 3.31. The molecule has 19 heavy (non-hydrogen) atoms. The fourth-order valence-corrected chi connectivity index (χ4v) is 1.97. The van der Waals surface area contributed by atoms with Gasteiger partial charge in [0, 0.05) is 16.8 Å². The summed E-state index contributed by atoms with van der Waals surface area (Å²) in [6, 6.07) is 5.86. The van der Waals surface area contributed by atoms with Crippen molar-refractivity contribution in [2.75, 3.05) is 11.9 Å². The lowest BCUT2D eigenvalue weighted by molar-refractivity contribution is -0.115. The lowest BCUT2D eigenvalue weighted by atomic mass is 10.1. The van der Waals surface area contributed by atoms with E-state index in [0.29, 0.717) is 17.6 Å². The Kier molecular flexibility index (Phi) is 6.89. The first-order chi connectivity index (χ1) is 9.02. The maximum absolute atomic E-state index is 11.8. The number of hydrogen-bond acceptors (Lipinski definition) is 2. The highest BCUT2D eigenvalue weighted by Gasteiger charge is 2.07. The number of carbonyl (C=O) groups excluding carboxylic acids is 1. The highest BCUT2D eigenvalue weighted by atomic mass is 35.5. The van der Waals surface area contributed by atoms with E-state index >= 15 is 0 Å². The summed E-state index contributed by atoms with van der Waals surface area (Å²) in [5.74, 6) is -0.0336. The molecule has 1 amide bonds. The molecule has 0 aliphatic heterocycles. The van der Waals surface area contributed by atoms with E-state index in [-0.39, 0.29) is 5.91 Å². The van der Waals surface area contributed by atoms with E-state index in [4.69, 9.17) is 11.6 Å². The second kappa shape index (κ2) is 8.18. The Hall–Kier alpha value is -1.06. The highest BCUT2D eigenvalue weighted by molar-refractivity contribution is 6.31. The van der Waals surface area contributed by atoms with Crippen LogP contribution in [-0.4, -0.2) is 18.5 Å².